The number of carbonyl (C=O) groups is 1. The van der Waals surface area contributed by atoms with Crippen LogP contribution in [0, 0.1) is 0 Å². The highest BCUT2D eigenvalue weighted by molar-refractivity contribution is 5.93. The standard InChI is InChI=1S/C12H16N2O2/c1-10(12(15)6-8-14(2)3)16-11-5-4-7-13-9-11/h4-10H,1-3H3/b8-6+/t10-/m1/s1. The van der Waals surface area contributed by atoms with E-state index in [4.69, 9.17) is 4.74 Å². The third-order valence-electron chi connectivity index (χ3n) is 1.88. The first kappa shape index (κ1) is 12.2. The van der Waals surface area contributed by atoms with Crippen LogP contribution < -0.4 is 4.74 Å². The molecule has 16 heavy (non-hydrogen) atoms. The van der Waals surface area contributed by atoms with E-state index in [-0.39, 0.29) is 5.78 Å². The van der Waals surface area contributed by atoms with Crippen molar-refractivity contribution < 1.29 is 9.53 Å². The molecule has 0 aliphatic rings. The van der Waals surface area contributed by atoms with Crippen molar-refractivity contribution in [3.63, 3.8) is 0 Å². The molecule has 0 N–H and O–H groups in total. The van der Waals surface area contributed by atoms with Crippen LogP contribution >= 0.6 is 0 Å². The minimum atomic E-state index is -0.500. The van der Waals surface area contributed by atoms with E-state index in [0.717, 1.165) is 0 Å². The highest BCUT2D eigenvalue weighted by Crippen LogP contribution is 2.09. The van der Waals surface area contributed by atoms with Crippen LogP contribution in [0.3, 0.4) is 0 Å². The molecular formula is C12H16N2O2. The van der Waals surface area contributed by atoms with E-state index < -0.39 is 6.10 Å². The van der Waals surface area contributed by atoms with Gasteiger partial charge in [-0.1, -0.05) is 0 Å². The zero-order chi connectivity index (χ0) is 12.0. The Morgan fingerprint density at radius 2 is 2.31 bits per heavy atom. The Balaban J connectivity index is 2.53. The molecule has 4 nitrogen and oxygen atoms in total. The fourth-order valence-corrected chi connectivity index (χ4v) is 1.04. The molecule has 0 aromatic carbocycles. The van der Waals surface area contributed by atoms with Crippen molar-refractivity contribution >= 4 is 5.78 Å². The van der Waals surface area contributed by atoms with E-state index >= 15 is 0 Å². The zero-order valence-corrected chi connectivity index (χ0v) is 9.75. The molecule has 1 aromatic heterocycles. The molecule has 1 aromatic rings. The zero-order valence-electron chi connectivity index (χ0n) is 9.75. The fourth-order valence-electron chi connectivity index (χ4n) is 1.04. The normalized spacial score (nSPS) is 12.4. The van der Waals surface area contributed by atoms with Crippen LogP contribution in [0.2, 0.25) is 0 Å². The predicted molar refractivity (Wildman–Crippen MR) is 62.2 cm³/mol. The summed E-state index contributed by atoms with van der Waals surface area (Å²) in [5, 5.41) is 0. The molecular weight excluding hydrogens is 204 g/mol. The minimum Gasteiger partial charge on any atom is -0.481 e. The van der Waals surface area contributed by atoms with Crippen LogP contribution in [-0.2, 0) is 4.79 Å². The molecule has 0 fully saturated rings. The van der Waals surface area contributed by atoms with E-state index in [1.807, 2.05) is 14.1 Å². The second-order valence-electron chi connectivity index (χ2n) is 3.63. The summed E-state index contributed by atoms with van der Waals surface area (Å²) in [5.74, 6) is 0.527. The highest BCUT2D eigenvalue weighted by atomic mass is 16.5. The van der Waals surface area contributed by atoms with Gasteiger partial charge in [-0.25, -0.2) is 0 Å². The molecule has 0 amide bonds. The van der Waals surface area contributed by atoms with E-state index in [9.17, 15) is 4.79 Å². The number of nitrogens with zero attached hydrogens (tertiary/aromatic N) is 2. The molecule has 1 heterocycles. The molecule has 0 aliphatic heterocycles. The van der Waals surface area contributed by atoms with Crippen molar-refractivity contribution in [2.24, 2.45) is 0 Å². The van der Waals surface area contributed by atoms with Crippen molar-refractivity contribution in [2.45, 2.75) is 13.0 Å². The summed E-state index contributed by atoms with van der Waals surface area (Å²) in [4.78, 5) is 17.3. The van der Waals surface area contributed by atoms with Crippen molar-refractivity contribution in [2.75, 3.05) is 14.1 Å². The lowest BCUT2D eigenvalue weighted by Crippen LogP contribution is -2.22. The van der Waals surface area contributed by atoms with E-state index in [0.29, 0.717) is 5.75 Å². The molecule has 1 rings (SSSR count). The smallest absolute Gasteiger partial charge is 0.197 e. The van der Waals surface area contributed by atoms with Gasteiger partial charge in [-0.15, -0.1) is 0 Å². The Morgan fingerprint density at radius 3 is 2.88 bits per heavy atom. The van der Waals surface area contributed by atoms with Crippen molar-refractivity contribution in [1.82, 2.24) is 9.88 Å². The first-order chi connectivity index (χ1) is 7.59. The summed E-state index contributed by atoms with van der Waals surface area (Å²) in [6, 6.07) is 3.54. The summed E-state index contributed by atoms with van der Waals surface area (Å²) >= 11 is 0. The van der Waals surface area contributed by atoms with Gasteiger partial charge in [0.15, 0.2) is 11.9 Å². The van der Waals surface area contributed by atoms with Crippen molar-refractivity contribution in [1.29, 1.82) is 0 Å². The predicted octanol–water partition coefficient (Wildman–Crippen LogP) is 1.49. The number of aromatic nitrogens is 1. The quantitative estimate of drug-likeness (QED) is 0.705. The first-order valence-electron chi connectivity index (χ1n) is 5.05. The Labute approximate surface area is 95.6 Å². The number of rotatable bonds is 5. The topological polar surface area (TPSA) is 42.4 Å². The highest BCUT2D eigenvalue weighted by Gasteiger charge is 2.11. The summed E-state index contributed by atoms with van der Waals surface area (Å²) < 4.78 is 5.43. The molecule has 4 heteroatoms. The van der Waals surface area contributed by atoms with Gasteiger partial charge in [-0.05, 0) is 19.1 Å². The number of carbonyl (C=O) groups excluding carboxylic acids is 1. The van der Waals surface area contributed by atoms with Crippen LogP contribution in [-0.4, -0.2) is 35.9 Å². The Morgan fingerprint density at radius 1 is 1.56 bits per heavy atom. The van der Waals surface area contributed by atoms with Gasteiger partial charge in [0.2, 0.25) is 0 Å². The molecule has 0 aliphatic carbocycles. The van der Waals surface area contributed by atoms with Gasteiger partial charge < -0.3 is 9.64 Å². The van der Waals surface area contributed by atoms with Crippen molar-refractivity contribution in [3.05, 3.63) is 36.8 Å². The maximum atomic E-state index is 11.6. The lowest BCUT2D eigenvalue weighted by molar-refractivity contribution is -0.120. The molecule has 0 saturated carbocycles. The van der Waals surface area contributed by atoms with Crippen molar-refractivity contribution in [3.8, 4) is 5.75 Å². The second-order valence-corrected chi connectivity index (χ2v) is 3.63. The van der Waals surface area contributed by atoms with Gasteiger partial charge in [-0.3, -0.25) is 9.78 Å². The molecule has 0 saturated heterocycles. The SMILES string of the molecule is C[C@@H](Oc1cccnc1)C(=O)/C=C/N(C)C. The third kappa shape index (κ3) is 4.13. The van der Waals surface area contributed by atoms with Gasteiger partial charge in [-0.2, -0.15) is 0 Å². The molecule has 86 valence electrons. The van der Waals surface area contributed by atoms with Gasteiger partial charge >= 0.3 is 0 Å². The summed E-state index contributed by atoms with van der Waals surface area (Å²) in [7, 11) is 3.72. The Kier molecular flexibility index (Phi) is 4.51. The molecule has 1 atom stereocenters. The minimum absolute atomic E-state index is 0.0717. The Hall–Kier alpha value is -1.84. The molecule has 0 unspecified atom stereocenters. The van der Waals surface area contributed by atoms with Crippen LogP contribution in [0.1, 0.15) is 6.92 Å². The maximum absolute atomic E-state index is 11.6. The average molecular weight is 220 g/mol. The van der Waals surface area contributed by atoms with Gasteiger partial charge in [0, 0.05) is 32.6 Å². The van der Waals surface area contributed by atoms with Gasteiger partial charge in [0.1, 0.15) is 5.75 Å². The van der Waals surface area contributed by atoms with Gasteiger partial charge in [0.05, 0.1) is 6.20 Å². The van der Waals surface area contributed by atoms with Gasteiger partial charge in [0.25, 0.3) is 0 Å². The summed E-state index contributed by atoms with van der Waals surface area (Å²) in [6.45, 7) is 1.72. The molecule has 0 bridgehead atoms. The third-order valence-corrected chi connectivity index (χ3v) is 1.88. The van der Waals surface area contributed by atoms with Crippen LogP contribution in [0.5, 0.6) is 5.75 Å². The lowest BCUT2D eigenvalue weighted by Gasteiger charge is -2.11. The van der Waals surface area contributed by atoms with Crippen LogP contribution in [0.15, 0.2) is 36.8 Å². The number of ether oxygens (including phenoxy) is 1. The fraction of sp³-hybridized carbons (Fsp3) is 0.333. The maximum Gasteiger partial charge on any atom is 0.197 e. The van der Waals surface area contributed by atoms with Crippen LogP contribution in [0.25, 0.3) is 0 Å². The number of hydrogen-bond acceptors (Lipinski definition) is 4. The van der Waals surface area contributed by atoms with E-state index in [1.165, 1.54) is 6.08 Å². The second kappa shape index (κ2) is 5.90. The summed E-state index contributed by atoms with van der Waals surface area (Å²) in [5.41, 5.74) is 0. The molecule has 0 radical (unpaired) electrons. The largest absolute Gasteiger partial charge is 0.481 e. The van der Waals surface area contributed by atoms with Crippen LogP contribution in [0.4, 0.5) is 0 Å². The summed E-state index contributed by atoms with van der Waals surface area (Å²) in [6.07, 6.45) is 5.94. The average Bonchev–Trinajstić information content (AvgIpc) is 2.27. The Bertz CT molecular complexity index is 361. The van der Waals surface area contributed by atoms with E-state index in [1.54, 1.807) is 42.6 Å². The monoisotopic (exact) mass is 220 g/mol. The number of pyridine rings is 1. The molecule has 0 spiro atoms. The van der Waals surface area contributed by atoms with E-state index in [2.05, 4.69) is 4.98 Å². The lowest BCUT2D eigenvalue weighted by atomic mass is 10.2. The number of hydrogen-bond donors (Lipinski definition) is 0. The number of ketones is 1. The first-order valence-corrected chi connectivity index (χ1v) is 5.05.